The van der Waals surface area contributed by atoms with Crippen molar-refractivity contribution in [3.63, 3.8) is 0 Å². The van der Waals surface area contributed by atoms with Gasteiger partial charge in [-0.3, -0.25) is 4.79 Å². The Labute approximate surface area is 134 Å². The van der Waals surface area contributed by atoms with Crippen molar-refractivity contribution < 1.29 is 9.53 Å². The number of thiazole rings is 1. The molecule has 1 fully saturated rings. The van der Waals surface area contributed by atoms with Crippen LogP contribution < -0.4 is 10.2 Å². The van der Waals surface area contributed by atoms with E-state index >= 15 is 0 Å². The molecule has 1 saturated heterocycles. The third-order valence-corrected chi connectivity index (χ3v) is 4.69. The van der Waals surface area contributed by atoms with E-state index in [0.29, 0.717) is 11.6 Å². The highest BCUT2D eigenvalue weighted by atomic mass is 32.1. The van der Waals surface area contributed by atoms with Crippen LogP contribution in [0.5, 0.6) is 0 Å². The van der Waals surface area contributed by atoms with Crippen LogP contribution >= 0.6 is 11.3 Å². The molecule has 6 heteroatoms. The number of fused-ring (bicyclic) bond motifs is 1. The monoisotopic (exact) mass is 319 g/mol. The van der Waals surface area contributed by atoms with E-state index in [-0.39, 0.29) is 5.91 Å². The molecule has 0 saturated carbocycles. The number of aromatic nitrogens is 1. The van der Waals surface area contributed by atoms with Gasteiger partial charge in [0.2, 0.25) is 5.91 Å². The van der Waals surface area contributed by atoms with Gasteiger partial charge in [0.1, 0.15) is 0 Å². The second-order valence-electron chi connectivity index (χ2n) is 5.42. The van der Waals surface area contributed by atoms with Crippen molar-refractivity contribution in [1.29, 1.82) is 0 Å². The van der Waals surface area contributed by atoms with Crippen LogP contribution in [0.3, 0.4) is 0 Å². The average Bonchev–Trinajstić information content (AvgIpc) is 2.95. The van der Waals surface area contributed by atoms with E-state index in [2.05, 4.69) is 34.3 Å². The van der Waals surface area contributed by atoms with Crippen LogP contribution in [-0.2, 0) is 9.53 Å². The number of nitrogens with one attached hydrogen (secondary N) is 1. The lowest BCUT2D eigenvalue weighted by Gasteiger charge is -2.28. The van der Waals surface area contributed by atoms with E-state index in [4.69, 9.17) is 4.74 Å². The van der Waals surface area contributed by atoms with Crippen LogP contribution in [0.25, 0.3) is 10.2 Å². The largest absolute Gasteiger partial charge is 0.378 e. The molecule has 22 heavy (non-hydrogen) atoms. The molecule has 2 heterocycles. The number of morpholine rings is 1. The van der Waals surface area contributed by atoms with E-state index in [9.17, 15) is 4.79 Å². The predicted octanol–water partition coefficient (Wildman–Crippen LogP) is 3.26. The van der Waals surface area contributed by atoms with Crippen molar-refractivity contribution in [2.24, 2.45) is 0 Å². The molecule has 0 bridgehead atoms. The van der Waals surface area contributed by atoms with Crippen molar-refractivity contribution in [3.8, 4) is 0 Å². The van der Waals surface area contributed by atoms with Gasteiger partial charge >= 0.3 is 0 Å². The summed E-state index contributed by atoms with van der Waals surface area (Å²) in [6.45, 7) is 5.48. The van der Waals surface area contributed by atoms with E-state index in [0.717, 1.165) is 49.4 Å². The minimum Gasteiger partial charge on any atom is -0.378 e. The lowest BCUT2D eigenvalue weighted by Crippen LogP contribution is -2.36. The number of unbranched alkanes of at least 4 members (excludes halogenated alkanes) is 1. The normalized spacial score (nSPS) is 15.2. The van der Waals surface area contributed by atoms with E-state index in [1.807, 2.05) is 6.07 Å². The molecule has 1 amide bonds. The summed E-state index contributed by atoms with van der Waals surface area (Å²) in [7, 11) is 0. The Balaban J connectivity index is 1.73. The number of benzene rings is 1. The maximum Gasteiger partial charge on any atom is 0.226 e. The number of hydrogen-bond acceptors (Lipinski definition) is 5. The molecule has 0 radical (unpaired) electrons. The molecule has 1 aromatic heterocycles. The number of hydrogen-bond donors (Lipinski definition) is 1. The van der Waals surface area contributed by atoms with Gasteiger partial charge in [-0.15, -0.1) is 0 Å². The van der Waals surface area contributed by atoms with E-state index in [1.165, 1.54) is 17.0 Å². The quantitative estimate of drug-likeness (QED) is 0.919. The van der Waals surface area contributed by atoms with E-state index < -0.39 is 0 Å². The Morgan fingerprint density at radius 2 is 2.23 bits per heavy atom. The van der Waals surface area contributed by atoms with Gasteiger partial charge < -0.3 is 15.0 Å². The maximum atomic E-state index is 11.8. The van der Waals surface area contributed by atoms with Crippen molar-refractivity contribution in [1.82, 2.24) is 4.98 Å². The second kappa shape index (κ2) is 7.07. The van der Waals surface area contributed by atoms with Gasteiger partial charge in [0.25, 0.3) is 0 Å². The third kappa shape index (κ3) is 3.56. The topological polar surface area (TPSA) is 54.5 Å². The number of ether oxygens (including phenoxy) is 1. The average molecular weight is 319 g/mol. The summed E-state index contributed by atoms with van der Waals surface area (Å²) >= 11 is 1.54. The first-order chi connectivity index (χ1) is 10.8. The molecule has 5 nitrogen and oxygen atoms in total. The fourth-order valence-electron chi connectivity index (χ4n) is 2.50. The molecule has 3 rings (SSSR count). The molecule has 2 aromatic rings. The Hall–Kier alpha value is -1.66. The molecule has 1 aromatic carbocycles. The Bertz CT molecular complexity index is 650. The van der Waals surface area contributed by atoms with Gasteiger partial charge in [0, 0.05) is 25.2 Å². The van der Waals surface area contributed by atoms with Crippen molar-refractivity contribution in [2.45, 2.75) is 26.2 Å². The van der Waals surface area contributed by atoms with Crippen molar-refractivity contribution in [2.75, 3.05) is 36.5 Å². The summed E-state index contributed by atoms with van der Waals surface area (Å²) in [6, 6.07) is 6.27. The first-order valence-electron chi connectivity index (χ1n) is 7.79. The lowest BCUT2D eigenvalue weighted by atomic mass is 10.2. The molecule has 0 unspecified atom stereocenters. The SMILES string of the molecule is CCCCC(=O)Nc1nc2ccc(N3CCOCC3)cc2s1. The van der Waals surface area contributed by atoms with Crippen LogP contribution in [0, 0.1) is 0 Å². The number of rotatable bonds is 5. The zero-order chi connectivity index (χ0) is 15.4. The van der Waals surface area contributed by atoms with E-state index in [1.54, 1.807) is 0 Å². The first kappa shape index (κ1) is 15.2. The van der Waals surface area contributed by atoms with Crippen LogP contribution in [-0.4, -0.2) is 37.2 Å². The van der Waals surface area contributed by atoms with Gasteiger partial charge in [-0.1, -0.05) is 24.7 Å². The summed E-state index contributed by atoms with van der Waals surface area (Å²) in [4.78, 5) is 18.6. The predicted molar refractivity (Wildman–Crippen MR) is 90.8 cm³/mol. The molecule has 118 valence electrons. The summed E-state index contributed by atoms with van der Waals surface area (Å²) in [5.41, 5.74) is 2.14. The molecule has 0 spiro atoms. The summed E-state index contributed by atoms with van der Waals surface area (Å²) in [5.74, 6) is 0.0503. The number of amides is 1. The summed E-state index contributed by atoms with van der Waals surface area (Å²) in [6.07, 6.45) is 2.50. The third-order valence-electron chi connectivity index (χ3n) is 3.75. The molecular formula is C16H21N3O2S. The Kier molecular flexibility index (Phi) is 4.90. The highest BCUT2D eigenvalue weighted by Crippen LogP contribution is 2.30. The minimum atomic E-state index is 0.0503. The van der Waals surface area contributed by atoms with Crippen LogP contribution in [0.4, 0.5) is 10.8 Å². The van der Waals surface area contributed by atoms with Crippen LogP contribution in [0.1, 0.15) is 26.2 Å². The van der Waals surface area contributed by atoms with Gasteiger partial charge in [-0.2, -0.15) is 0 Å². The standard InChI is InChI=1S/C16H21N3O2S/c1-2-3-4-15(20)18-16-17-13-6-5-12(11-14(13)22-16)19-7-9-21-10-8-19/h5-6,11H,2-4,7-10H2,1H3,(H,17,18,20). The zero-order valence-corrected chi connectivity index (χ0v) is 13.6. The van der Waals surface area contributed by atoms with Gasteiger partial charge in [0.05, 0.1) is 23.4 Å². The first-order valence-corrected chi connectivity index (χ1v) is 8.61. The molecule has 0 atom stereocenters. The zero-order valence-electron chi connectivity index (χ0n) is 12.8. The fraction of sp³-hybridized carbons (Fsp3) is 0.500. The molecule has 1 N–H and O–H groups in total. The fourth-order valence-corrected chi connectivity index (χ4v) is 3.42. The highest BCUT2D eigenvalue weighted by Gasteiger charge is 2.13. The smallest absolute Gasteiger partial charge is 0.226 e. The Morgan fingerprint density at radius 1 is 1.41 bits per heavy atom. The number of carbonyl (C=O) groups is 1. The highest BCUT2D eigenvalue weighted by molar-refractivity contribution is 7.22. The van der Waals surface area contributed by atoms with Crippen molar-refractivity contribution in [3.05, 3.63) is 18.2 Å². The number of nitrogens with zero attached hydrogens (tertiary/aromatic N) is 2. The van der Waals surface area contributed by atoms with Gasteiger partial charge in [0.15, 0.2) is 5.13 Å². The van der Waals surface area contributed by atoms with Crippen LogP contribution in [0.15, 0.2) is 18.2 Å². The molecule has 1 aliphatic rings. The van der Waals surface area contributed by atoms with Crippen molar-refractivity contribution >= 4 is 38.3 Å². The summed E-state index contributed by atoms with van der Waals surface area (Å²) < 4.78 is 6.50. The van der Waals surface area contributed by atoms with Gasteiger partial charge in [-0.25, -0.2) is 4.98 Å². The Morgan fingerprint density at radius 3 is 3.00 bits per heavy atom. The number of carbonyl (C=O) groups excluding carboxylic acids is 1. The summed E-state index contributed by atoms with van der Waals surface area (Å²) in [5, 5.41) is 3.59. The minimum absolute atomic E-state index is 0.0503. The molecule has 0 aliphatic carbocycles. The maximum absolute atomic E-state index is 11.8. The second-order valence-corrected chi connectivity index (χ2v) is 6.45. The van der Waals surface area contributed by atoms with Crippen LogP contribution in [0.2, 0.25) is 0 Å². The van der Waals surface area contributed by atoms with Gasteiger partial charge in [-0.05, 0) is 24.6 Å². The molecular weight excluding hydrogens is 298 g/mol. The molecule has 1 aliphatic heterocycles. The lowest BCUT2D eigenvalue weighted by molar-refractivity contribution is -0.116. The number of anilines is 2.